The molecule has 2 atom stereocenters. The fourth-order valence-electron chi connectivity index (χ4n) is 3.20. The number of anilines is 2. The monoisotopic (exact) mass is 275 g/mol. The van der Waals surface area contributed by atoms with Gasteiger partial charge in [-0.3, -0.25) is 0 Å². The number of carbonyl (C=O) groups excluding carboxylic acids is 1. The summed E-state index contributed by atoms with van der Waals surface area (Å²) in [5.74, 6) is 0.645. The molecule has 0 spiro atoms. The Kier molecular flexibility index (Phi) is 4.21. The highest BCUT2D eigenvalue weighted by Crippen LogP contribution is 2.39. The van der Waals surface area contributed by atoms with E-state index in [2.05, 4.69) is 31.4 Å². The molecule has 1 aliphatic rings. The van der Waals surface area contributed by atoms with Gasteiger partial charge in [-0.05, 0) is 48.8 Å². The van der Waals surface area contributed by atoms with E-state index < -0.39 is 6.03 Å². The first-order valence-corrected chi connectivity index (χ1v) is 7.29. The summed E-state index contributed by atoms with van der Waals surface area (Å²) in [6.45, 7) is 7.00. The molecule has 0 bridgehead atoms. The molecule has 0 aliphatic heterocycles. The van der Waals surface area contributed by atoms with Gasteiger partial charge in [-0.1, -0.05) is 26.8 Å². The van der Waals surface area contributed by atoms with E-state index in [9.17, 15) is 4.79 Å². The molecule has 4 N–H and O–H groups in total. The second kappa shape index (κ2) is 5.73. The molecular formula is C16H25N3O. The van der Waals surface area contributed by atoms with Crippen LogP contribution in [-0.2, 0) is 0 Å². The fourth-order valence-corrected chi connectivity index (χ4v) is 3.20. The van der Waals surface area contributed by atoms with E-state index >= 15 is 0 Å². The number of urea groups is 1. The van der Waals surface area contributed by atoms with E-state index in [4.69, 9.17) is 5.73 Å². The minimum Gasteiger partial charge on any atom is -0.382 e. The van der Waals surface area contributed by atoms with Gasteiger partial charge in [-0.25, -0.2) is 4.79 Å². The van der Waals surface area contributed by atoms with Crippen molar-refractivity contribution in [2.75, 3.05) is 10.6 Å². The number of benzene rings is 1. The summed E-state index contributed by atoms with van der Waals surface area (Å²) in [5, 5.41) is 6.20. The Labute approximate surface area is 121 Å². The van der Waals surface area contributed by atoms with Gasteiger partial charge in [0, 0.05) is 17.4 Å². The van der Waals surface area contributed by atoms with Crippen LogP contribution in [0.5, 0.6) is 0 Å². The molecule has 0 aromatic heterocycles. The Morgan fingerprint density at radius 2 is 2.05 bits per heavy atom. The smallest absolute Gasteiger partial charge is 0.316 e. The molecule has 1 aromatic carbocycles. The summed E-state index contributed by atoms with van der Waals surface area (Å²) in [6.07, 6.45) is 3.67. The summed E-state index contributed by atoms with van der Waals surface area (Å²) in [7, 11) is 0. The second-order valence-electron chi connectivity index (χ2n) is 6.71. The van der Waals surface area contributed by atoms with Gasteiger partial charge >= 0.3 is 6.03 Å². The lowest BCUT2D eigenvalue weighted by molar-refractivity contribution is 0.177. The van der Waals surface area contributed by atoms with Crippen molar-refractivity contribution < 1.29 is 4.79 Å². The molecule has 2 rings (SSSR count). The fraction of sp³-hybridized carbons (Fsp3) is 0.562. The van der Waals surface area contributed by atoms with Crippen LogP contribution in [0.4, 0.5) is 16.2 Å². The first kappa shape index (κ1) is 14.7. The molecule has 0 radical (unpaired) electrons. The van der Waals surface area contributed by atoms with E-state index in [1.54, 1.807) is 0 Å². The number of hydrogen-bond donors (Lipinski definition) is 3. The molecule has 1 saturated carbocycles. The van der Waals surface area contributed by atoms with Crippen LogP contribution in [-0.4, -0.2) is 12.1 Å². The van der Waals surface area contributed by atoms with Crippen LogP contribution in [0, 0.1) is 11.3 Å². The highest BCUT2D eigenvalue weighted by Gasteiger charge is 2.32. The lowest BCUT2D eigenvalue weighted by atomic mass is 9.70. The summed E-state index contributed by atoms with van der Waals surface area (Å²) in [5.41, 5.74) is 7.35. The van der Waals surface area contributed by atoms with E-state index in [0.717, 1.165) is 11.4 Å². The molecule has 2 unspecified atom stereocenters. The first-order chi connectivity index (χ1) is 9.35. The molecular weight excluding hydrogens is 250 g/mol. The number of rotatable bonds is 3. The largest absolute Gasteiger partial charge is 0.382 e. The van der Waals surface area contributed by atoms with Crippen LogP contribution in [0.2, 0.25) is 0 Å². The number of nitrogens with one attached hydrogen (secondary N) is 2. The Hall–Kier alpha value is -1.71. The molecule has 1 fully saturated rings. The van der Waals surface area contributed by atoms with Gasteiger partial charge in [-0.2, -0.15) is 0 Å². The number of hydrogen-bond acceptors (Lipinski definition) is 2. The van der Waals surface area contributed by atoms with Gasteiger partial charge in [0.15, 0.2) is 0 Å². The van der Waals surface area contributed by atoms with Crippen LogP contribution in [0.15, 0.2) is 24.3 Å². The van der Waals surface area contributed by atoms with Crippen molar-refractivity contribution in [2.45, 2.75) is 46.1 Å². The first-order valence-electron chi connectivity index (χ1n) is 7.29. The van der Waals surface area contributed by atoms with Gasteiger partial charge in [0.25, 0.3) is 0 Å². The zero-order valence-corrected chi connectivity index (χ0v) is 12.6. The highest BCUT2D eigenvalue weighted by atomic mass is 16.2. The standard InChI is InChI=1S/C16H25N3O/c1-11-10-16(2,3)8-7-14(11)18-12-5-4-6-13(9-12)19-15(17)20/h4-6,9,11,14,18H,7-8,10H2,1-3H3,(H3,17,19,20). The maximum absolute atomic E-state index is 10.9. The van der Waals surface area contributed by atoms with Crippen molar-refractivity contribution in [3.63, 3.8) is 0 Å². The lowest BCUT2D eigenvalue weighted by Gasteiger charge is -2.40. The van der Waals surface area contributed by atoms with E-state index in [1.165, 1.54) is 19.3 Å². The van der Waals surface area contributed by atoms with Crippen molar-refractivity contribution >= 4 is 17.4 Å². The van der Waals surface area contributed by atoms with Crippen molar-refractivity contribution in [1.82, 2.24) is 0 Å². The third-order valence-corrected chi connectivity index (χ3v) is 4.18. The Balaban J connectivity index is 2.01. The van der Waals surface area contributed by atoms with Gasteiger partial charge in [0.05, 0.1) is 0 Å². The SMILES string of the molecule is CC1CC(C)(C)CCC1Nc1cccc(NC(N)=O)c1. The van der Waals surface area contributed by atoms with Crippen LogP contribution in [0.25, 0.3) is 0 Å². The third-order valence-electron chi connectivity index (χ3n) is 4.18. The molecule has 0 heterocycles. The Morgan fingerprint density at radius 3 is 2.70 bits per heavy atom. The number of amides is 2. The maximum atomic E-state index is 10.9. The van der Waals surface area contributed by atoms with E-state index in [0.29, 0.717) is 17.4 Å². The number of carbonyl (C=O) groups is 1. The summed E-state index contributed by atoms with van der Waals surface area (Å²) in [4.78, 5) is 10.9. The van der Waals surface area contributed by atoms with Gasteiger partial charge in [-0.15, -0.1) is 0 Å². The van der Waals surface area contributed by atoms with Crippen LogP contribution in [0.3, 0.4) is 0 Å². The molecule has 20 heavy (non-hydrogen) atoms. The predicted molar refractivity (Wildman–Crippen MR) is 83.9 cm³/mol. The van der Waals surface area contributed by atoms with Crippen LogP contribution >= 0.6 is 0 Å². The highest BCUT2D eigenvalue weighted by molar-refractivity contribution is 5.88. The number of nitrogens with two attached hydrogens (primary N) is 1. The Morgan fingerprint density at radius 1 is 1.35 bits per heavy atom. The van der Waals surface area contributed by atoms with Crippen LogP contribution < -0.4 is 16.4 Å². The average Bonchev–Trinajstić information content (AvgIpc) is 2.32. The van der Waals surface area contributed by atoms with Crippen molar-refractivity contribution in [3.8, 4) is 0 Å². The topological polar surface area (TPSA) is 67.2 Å². The van der Waals surface area contributed by atoms with Crippen molar-refractivity contribution in [2.24, 2.45) is 17.1 Å². The summed E-state index contributed by atoms with van der Waals surface area (Å²) in [6, 6.07) is 7.67. The van der Waals surface area contributed by atoms with Gasteiger partial charge in [0.2, 0.25) is 0 Å². The third kappa shape index (κ3) is 3.89. The molecule has 1 aliphatic carbocycles. The normalized spacial score (nSPS) is 24.9. The number of primary amides is 1. The molecule has 110 valence electrons. The Bertz CT molecular complexity index is 484. The molecule has 0 saturated heterocycles. The summed E-state index contributed by atoms with van der Waals surface area (Å²) < 4.78 is 0. The van der Waals surface area contributed by atoms with Crippen molar-refractivity contribution in [3.05, 3.63) is 24.3 Å². The van der Waals surface area contributed by atoms with Crippen LogP contribution in [0.1, 0.15) is 40.0 Å². The predicted octanol–water partition coefficient (Wildman–Crippen LogP) is 3.80. The molecule has 4 heteroatoms. The van der Waals surface area contributed by atoms with Crippen molar-refractivity contribution in [1.29, 1.82) is 0 Å². The lowest BCUT2D eigenvalue weighted by Crippen LogP contribution is -2.36. The van der Waals surface area contributed by atoms with Gasteiger partial charge in [0.1, 0.15) is 0 Å². The maximum Gasteiger partial charge on any atom is 0.316 e. The zero-order chi connectivity index (χ0) is 14.8. The quantitative estimate of drug-likeness (QED) is 0.785. The minimum atomic E-state index is -0.532. The van der Waals surface area contributed by atoms with E-state index in [1.807, 2.05) is 24.3 Å². The second-order valence-corrected chi connectivity index (χ2v) is 6.71. The molecule has 2 amide bonds. The minimum absolute atomic E-state index is 0.451. The van der Waals surface area contributed by atoms with Gasteiger partial charge < -0.3 is 16.4 Å². The molecule has 4 nitrogen and oxygen atoms in total. The average molecular weight is 275 g/mol. The van der Waals surface area contributed by atoms with E-state index in [-0.39, 0.29) is 0 Å². The molecule has 1 aromatic rings. The zero-order valence-electron chi connectivity index (χ0n) is 12.6. The summed E-state index contributed by atoms with van der Waals surface area (Å²) >= 11 is 0.